The van der Waals surface area contributed by atoms with Crippen molar-refractivity contribution in [3.8, 4) is 6.07 Å². The van der Waals surface area contributed by atoms with Crippen LogP contribution in [0.25, 0.3) is 10.9 Å². The molecule has 0 spiro atoms. The van der Waals surface area contributed by atoms with Crippen molar-refractivity contribution >= 4 is 74.1 Å². The van der Waals surface area contributed by atoms with Crippen LogP contribution in [0, 0.1) is 17.1 Å². The minimum absolute atomic E-state index is 0.0337. The average molecular weight is 658 g/mol. The Balaban J connectivity index is 1.36. The largest absolute Gasteiger partial charge is 0.373 e. The summed E-state index contributed by atoms with van der Waals surface area (Å²) in [7, 11) is 0. The predicted octanol–water partition coefficient (Wildman–Crippen LogP) is 7.81. The van der Waals surface area contributed by atoms with E-state index in [0.717, 1.165) is 43.7 Å². The maximum Gasteiger partial charge on any atom is 0.141 e. The molecule has 43 heavy (non-hydrogen) atoms. The van der Waals surface area contributed by atoms with E-state index < -0.39 is 5.82 Å². The van der Waals surface area contributed by atoms with Crippen molar-refractivity contribution in [2.24, 2.45) is 0 Å². The highest BCUT2D eigenvalue weighted by molar-refractivity contribution is 7.08. The third kappa shape index (κ3) is 6.20. The third-order valence-electron chi connectivity index (χ3n) is 7.81. The van der Waals surface area contributed by atoms with Crippen molar-refractivity contribution in [1.82, 2.24) is 25.9 Å². The molecule has 0 aliphatic carbocycles. The van der Waals surface area contributed by atoms with Crippen LogP contribution in [0.3, 0.4) is 0 Å². The van der Waals surface area contributed by atoms with E-state index >= 15 is 0 Å². The highest BCUT2D eigenvalue weighted by Crippen LogP contribution is 2.39. The van der Waals surface area contributed by atoms with Crippen molar-refractivity contribution in [2.75, 3.05) is 30.3 Å². The average Bonchev–Trinajstić information content (AvgIpc) is 3.68. The molecular weight excluding hydrogens is 630 g/mol. The van der Waals surface area contributed by atoms with E-state index in [-0.39, 0.29) is 11.1 Å². The second kappa shape index (κ2) is 12.7. The number of aromatic nitrogens is 1. The van der Waals surface area contributed by atoms with E-state index in [9.17, 15) is 9.65 Å². The summed E-state index contributed by atoms with van der Waals surface area (Å²) < 4.78 is 13.8. The zero-order valence-corrected chi connectivity index (χ0v) is 26.2. The molecule has 2 aromatic heterocycles. The van der Waals surface area contributed by atoms with Crippen molar-refractivity contribution < 1.29 is 4.39 Å². The molecular formula is C30H28Cl3FN8S. The van der Waals surface area contributed by atoms with Crippen LogP contribution in [0.1, 0.15) is 36.9 Å². The molecule has 8 nitrogen and oxygen atoms in total. The number of piperidine rings is 1. The zero-order chi connectivity index (χ0) is 30.1. The normalized spacial score (nSPS) is 16.6. The number of nitrogens with zero attached hydrogens (tertiary/aromatic N) is 4. The van der Waals surface area contributed by atoms with Gasteiger partial charge in [0, 0.05) is 59.2 Å². The lowest BCUT2D eigenvalue weighted by Crippen LogP contribution is -2.48. The van der Waals surface area contributed by atoms with Gasteiger partial charge in [0.25, 0.3) is 0 Å². The lowest BCUT2D eigenvalue weighted by atomic mass is 10.0. The Labute approximate surface area is 268 Å². The number of halogens is 4. The molecule has 2 aromatic carbocycles. The molecule has 6 rings (SSSR count). The summed E-state index contributed by atoms with van der Waals surface area (Å²) in [5.41, 5.74) is 11.0. The topological polar surface area (TPSA) is 91.3 Å². The molecule has 0 amide bonds. The fourth-order valence-electron chi connectivity index (χ4n) is 5.47. The minimum Gasteiger partial charge on any atom is -0.373 e. The molecule has 1 saturated heterocycles. The summed E-state index contributed by atoms with van der Waals surface area (Å²) in [6.07, 6.45) is 5.68. The number of benzene rings is 2. The van der Waals surface area contributed by atoms with Gasteiger partial charge < -0.3 is 21.0 Å². The number of hydrogen-bond acceptors (Lipinski definition) is 9. The van der Waals surface area contributed by atoms with Gasteiger partial charge in [-0.2, -0.15) is 16.6 Å². The summed E-state index contributed by atoms with van der Waals surface area (Å²) in [6.45, 7) is 5.39. The maximum atomic E-state index is 13.8. The first-order chi connectivity index (χ1) is 20.8. The maximum absolute atomic E-state index is 13.8. The molecule has 0 radical (unpaired) electrons. The van der Waals surface area contributed by atoms with Gasteiger partial charge in [-0.25, -0.2) is 4.39 Å². The number of nitriles is 1. The van der Waals surface area contributed by atoms with Gasteiger partial charge in [-0.1, -0.05) is 41.7 Å². The van der Waals surface area contributed by atoms with Gasteiger partial charge in [-0.3, -0.25) is 9.99 Å². The molecule has 0 unspecified atom stereocenters. The van der Waals surface area contributed by atoms with E-state index in [1.165, 1.54) is 29.7 Å². The van der Waals surface area contributed by atoms with Gasteiger partial charge in [0.15, 0.2) is 0 Å². The molecule has 0 bridgehead atoms. The number of thiophene rings is 1. The molecule has 0 saturated carbocycles. The highest BCUT2D eigenvalue weighted by atomic mass is 35.5. The van der Waals surface area contributed by atoms with Crippen LogP contribution < -0.4 is 21.6 Å². The second-order valence-electron chi connectivity index (χ2n) is 10.4. The molecule has 2 aliphatic heterocycles. The van der Waals surface area contributed by atoms with Gasteiger partial charge >= 0.3 is 0 Å². The molecule has 1 atom stereocenters. The molecule has 4 heterocycles. The number of hydrogen-bond donors (Lipinski definition) is 4. The minimum atomic E-state index is -0.533. The number of anilines is 3. The van der Waals surface area contributed by atoms with E-state index in [1.54, 1.807) is 12.1 Å². The monoisotopic (exact) mass is 656 g/mol. The van der Waals surface area contributed by atoms with E-state index in [4.69, 9.17) is 34.8 Å². The second-order valence-corrected chi connectivity index (χ2v) is 12.4. The Bertz CT molecular complexity index is 1730. The smallest absolute Gasteiger partial charge is 0.141 e. The van der Waals surface area contributed by atoms with Gasteiger partial charge in [-0.05, 0) is 55.1 Å². The Morgan fingerprint density at radius 1 is 1.12 bits per heavy atom. The van der Waals surface area contributed by atoms with Gasteiger partial charge in [0.05, 0.1) is 43.6 Å². The highest BCUT2D eigenvalue weighted by Gasteiger charge is 2.30. The lowest BCUT2D eigenvalue weighted by Gasteiger charge is -2.35. The quantitative estimate of drug-likeness (QED) is 0.153. The van der Waals surface area contributed by atoms with Crippen LogP contribution in [-0.2, 0) is 0 Å². The molecule has 2 aliphatic rings. The van der Waals surface area contributed by atoms with Gasteiger partial charge in [0.1, 0.15) is 11.9 Å². The zero-order valence-electron chi connectivity index (χ0n) is 23.1. The first-order valence-corrected chi connectivity index (χ1v) is 15.9. The first-order valence-electron chi connectivity index (χ1n) is 13.8. The van der Waals surface area contributed by atoms with Gasteiger partial charge in [0.2, 0.25) is 0 Å². The Morgan fingerprint density at radius 2 is 1.91 bits per heavy atom. The molecule has 4 aromatic rings. The van der Waals surface area contributed by atoms with Crippen molar-refractivity contribution in [2.45, 2.75) is 31.8 Å². The summed E-state index contributed by atoms with van der Waals surface area (Å²) >= 11 is 21.0. The molecule has 4 N–H and O–H groups in total. The molecule has 222 valence electrons. The number of likely N-dealkylation sites (tertiary alicyclic amines) is 1. The van der Waals surface area contributed by atoms with Crippen LogP contribution in [0.5, 0.6) is 0 Å². The predicted molar refractivity (Wildman–Crippen MR) is 173 cm³/mol. The fraction of sp³-hybridized carbons (Fsp3) is 0.267. The number of pyridine rings is 1. The Morgan fingerprint density at radius 3 is 2.60 bits per heavy atom. The van der Waals surface area contributed by atoms with Gasteiger partial charge in [-0.15, -0.1) is 5.53 Å². The first kappa shape index (κ1) is 29.8. The standard InChI is InChI=1S/C30H28Cl3FN8S/c1-2-41-7-5-20(6-8-41)42-14-27(39-40-42)30(22-15-43-16-25(22)33)38-19-9-21-28(37-18-3-4-26(34)23(31)10-18)17(12-35)13-36-29(21)24(32)11-19/h3-4,9-11,13-16,20,30,38-40H,2,5-8H2,1H3,(H,36,37)/t30-/m0/s1. The van der Waals surface area contributed by atoms with Crippen LogP contribution in [0.15, 0.2) is 59.2 Å². The van der Waals surface area contributed by atoms with Crippen LogP contribution in [-0.4, -0.2) is 40.6 Å². The van der Waals surface area contributed by atoms with Crippen molar-refractivity contribution in [3.05, 3.63) is 91.2 Å². The van der Waals surface area contributed by atoms with Crippen molar-refractivity contribution in [3.63, 3.8) is 0 Å². The number of nitrogens with one attached hydrogen (secondary N) is 4. The molecule has 13 heteroatoms. The van der Waals surface area contributed by atoms with E-state index in [1.807, 2.05) is 16.8 Å². The SMILES string of the molecule is CCN1CCC(N2C=C([C@@H](Nc3cc(Cl)c4ncc(C#N)c(Nc5ccc(F)c(Cl)c5)c4c3)c3cscc3Cl)NN2)CC1. The summed E-state index contributed by atoms with van der Waals surface area (Å²) in [5, 5.41) is 24.4. The summed E-state index contributed by atoms with van der Waals surface area (Å²) in [4.78, 5) is 6.91. The number of hydrazine groups is 2. The number of fused-ring (bicyclic) bond motifs is 1. The van der Waals surface area contributed by atoms with Crippen molar-refractivity contribution in [1.29, 1.82) is 5.26 Å². The third-order valence-corrected chi connectivity index (χ3v) is 9.61. The Kier molecular flexibility index (Phi) is 8.82. The molecule has 1 fully saturated rings. The lowest BCUT2D eigenvalue weighted by molar-refractivity contribution is 0.112. The van der Waals surface area contributed by atoms with Crippen LogP contribution >= 0.6 is 46.1 Å². The van der Waals surface area contributed by atoms with E-state index in [0.29, 0.717) is 49.6 Å². The van der Waals surface area contributed by atoms with E-state index in [2.05, 4.69) is 55.7 Å². The Hall–Kier alpha value is -3.30. The fourth-order valence-corrected chi connectivity index (χ4v) is 7.03. The summed E-state index contributed by atoms with van der Waals surface area (Å²) in [5.74, 6) is -0.533. The van der Waals surface area contributed by atoms with Crippen LogP contribution in [0.4, 0.5) is 21.5 Å². The van der Waals surface area contributed by atoms with Crippen LogP contribution in [0.2, 0.25) is 15.1 Å². The number of rotatable bonds is 8. The summed E-state index contributed by atoms with van der Waals surface area (Å²) in [6, 6.07) is 10.2.